The highest BCUT2D eigenvalue weighted by Crippen LogP contribution is 2.44. The van der Waals surface area contributed by atoms with Crippen molar-refractivity contribution in [2.75, 3.05) is 9.80 Å². The zero-order valence-corrected chi connectivity index (χ0v) is 49.7. The summed E-state index contributed by atoms with van der Waals surface area (Å²) in [4.78, 5) is 4.79. The summed E-state index contributed by atoms with van der Waals surface area (Å²) in [6, 6.07) is 76.3. The molecular formula is C78H70B2N2. The molecule has 2 nitrogen and oxygen atoms in total. The van der Waals surface area contributed by atoms with Crippen molar-refractivity contribution >= 4 is 60.7 Å². The van der Waals surface area contributed by atoms with Gasteiger partial charge in [0.05, 0.1) is 0 Å². The van der Waals surface area contributed by atoms with E-state index in [1.807, 2.05) is 0 Å². The van der Waals surface area contributed by atoms with Gasteiger partial charge < -0.3 is 9.80 Å². The third-order valence-electron chi connectivity index (χ3n) is 16.7. The van der Waals surface area contributed by atoms with Crippen LogP contribution >= 0.6 is 0 Å². The van der Waals surface area contributed by atoms with E-state index >= 15 is 0 Å². The zero-order valence-electron chi connectivity index (χ0n) is 49.7. The van der Waals surface area contributed by atoms with E-state index in [1.54, 1.807) is 0 Å². The second-order valence-electron chi connectivity index (χ2n) is 23.0. The first-order chi connectivity index (χ1) is 39.4. The molecule has 0 aliphatic carbocycles. The normalized spacial score (nSPS) is 11.3. The van der Waals surface area contributed by atoms with Gasteiger partial charge in [0.2, 0.25) is 0 Å². The van der Waals surface area contributed by atoms with Gasteiger partial charge in [0.1, 0.15) is 15.7 Å². The van der Waals surface area contributed by atoms with Crippen LogP contribution in [0.1, 0.15) is 66.8 Å². The van der Waals surface area contributed by atoms with Crippen molar-refractivity contribution < 1.29 is 0 Å². The highest BCUT2D eigenvalue weighted by Gasteiger charge is 2.21. The molecule has 0 aromatic heterocycles. The lowest BCUT2D eigenvalue weighted by Gasteiger charge is -2.28. The molecule has 82 heavy (non-hydrogen) atoms. The predicted molar refractivity (Wildman–Crippen MR) is 356 cm³/mol. The fourth-order valence-corrected chi connectivity index (χ4v) is 12.6. The number of nitrogens with zero attached hydrogens (tertiary/aromatic N) is 2. The van der Waals surface area contributed by atoms with Gasteiger partial charge in [-0.25, -0.2) is 0 Å². The van der Waals surface area contributed by atoms with E-state index in [9.17, 15) is 0 Å². The fraction of sp³-hybridized carbons (Fsp3) is 0.154. The largest absolute Gasteiger partial charge is 0.310 e. The number of aryl methyl sites for hydroxylation is 12. The molecule has 0 atom stereocenters. The molecule has 0 spiro atoms. The minimum absolute atomic E-state index is 0.793. The zero-order chi connectivity index (χ0) is 57.7. The van der Waals surface area contributed by atoms with E-state index in [0.717, 1.165) is 45.0 Å². The summed E-state index contributed by atoms with van der Waals surface area (Å²) in [5, 5.41) is 0. The summed E-state index contributed by atoms with van der Waals surface area (Å²) >= 11 is 0. The average molecular weight is 1060 g/mol. The summed E-state index contributed by atoms with van der Waals surface area (Å²) < 4.78 is 0. The number of benzene rings is 11. The number of hydrogen-bond acceptors (Lipinski definition) is 2. The lowest BCUT2D eigenvalue weighted by molar-refractivity contribution is 1.25. The Hall–Kier alpha value is -8.85. The average Bonchev–Trinajstić information content (AvgIpc) is 2.87. The van der Waals surface area contributed by atoms with Crippen LogP contribution in [0.3, 0.4) is 0 Å². The summed E-state index contributed by atoms with van der Waals surface area (Å²) in [6.07, 6.45) is 0. The highest BCUT2D eigenvalue weighted by molar-refractivity contribution is 6.33. The molecule has 0 aliphatic heterocycles. The Balaban J connectivity index is 0.934. The maximum Gasteiger partial charge on any atom is 0.113 e. The smallest absolute Gasteiger partial charge is 0.113 e. The SMILES string of the molecule is [B]c1cc(C)c(-c2ccc(N(c3ccc(-c4ccc(C)cc4)c(C)c3)c3ccc(-c4cc(C)c(-c5ccc(N(c6ccc(-c7c(C)cc([B])cc7C)cc6)c6ccc(-c7ccc(C)cc7)c(C)c6)cc5C)cc4C)c(C)c3)cc2)c(C)c1. The molecule has 11 aromatic carbocycles. The Morgan fingerprint density at radius 2 is 0.451 bits per heavy atom. The van der Waals surface area contributed by atoms with Crippen LogP contribution in [0.5, 0.6) is 0 Å². The molecule has 0 amide bonds. The van der Waals surface area contributed by atoms with Gasteiger partial charge in [-0.2, -0.15) is 0 Å². The molecule has 4 heteroatoms. The van der Waals surface area contributed by atoms with Gasteiger partial charge in [-0.15, -0.1) is 0 Å². The van der Waals surface area contributed by atoms with Crippen LogP contribution in [0.4, 0.5) is 34.1 Å². The molecule has 11 rings (SSSR count). The quantitative estimate of drug-likeness (QED) is 0.113. The summed E-state index contributed by atoms with van der Waals surface area (Å²) in [5.41, 5.74) is 37.4. The Labute approximate surface area is 490 Å². The van der Waals surface area contributed by atoms with Crippen LogP contribution < -0.4 is 20.7 Å². The minimum atomic E-state index is 0.793. The molecule has 0 fully saturated rings. The molecule has 0 aliphatic rings. The first-order valence-electron chi connectivity index (χ1n) is 28.6. The molecule has 0 unspecified atom stereocenters. The molecule has 0 saturated heterocycles. The van der Waals surface area contributed by atoms with Crippen LogP contribution in [0, 0.1) is 83.1 Å². The number of anilines is 6. The molecular weight excluding hydrogens is 986 g/mol. The summed E-state index contributed by atoms with van der Waals surface area (Å²) in [6.45, 7) is 26.3. The van der Waals surface area contributed by atoms with Gasteiger partial charge in [0, 0.05) is 34.1 Å². The first-order valence-corrected chi connectivity index (χ1v) is 28.6. The van der Waals surface area contributed by atoms with Crippen LogP contribution in [0.2, 0.25) is 0 Å². The molecule has 398 valence electrons. The maximum absolute atomic E-state index is 6.25. The summed E-state index contributed by atoms with van der Waals surface area (Å²) in [7, 11) is 12.5. The third-order valence-corrected chi connectivity index (χ3v) is 16.7. The standard InChI is InChI=1S/C78H70B2N2/c1-47-13-17-59(18-14-47)71-33-29-67(41-49(71)3)81(65-25-21-61(22-26-65)77-55(9)37-63(79)38-56(77)10)69-31-35-73(51(5)43-69)75-45-54(8)76(46-53(75)7)74-36-32-70(44-52(74)6)82(68-30-34-72(50(4)42-68)60-19-15-48(2)16-20-60)66-27-23-62(24-28-66)78-57(11)39-64(80)40-58(78)12/h13-46H,1-12H3. The predicted octanol–water partition coefficient (Wildman–Crippen LogP) is 19.9. The molecule has 0 heterocycles. The lowest BCUT2D eigenvalue weighted by Crippen LogP contribution is -2.11. The Morgan fingerprint density at radius 3 is 0.732 bits per heavy atom. The molecule has 0 bridgehead atoms. The van der Waals surface area contributed by atoms with Gasteiger partial charge in [0.15, 0.2) is 0 Å². The van der Waals surface area contributed by atoms with Crippen molar-refractivity contribution in [3.8, 4) is 66.8 Å². The fourth-order valence-electron chi connectivity index (χ4n) is 12.6. The van der Waals surface area contributed by atoms with Crippen LogP contribution in [-0.4, -0.2) is 15.7 Å². The molecule has 4 radical (unpaired) electrons. The monoisotopic (exact) mass is 1060 g/mol. The van der Waals surface area contributed by atoms with Crippen molar-refractivity contribution in [2.45, 2.75) is 83.1 Å². The highest BCUT2D eigenvalue weighted by atomic mass is 15.1. The number of hydrogen-bond donors (Lipinski definition) is 0. The van der Waals surface area contributed by atoms with E-state index in [4.69, 9.17) is 15.7 Å². The lowest BCUT2D eigenvalue weighted by atomic mass is 9.87. The van der Waals surface area contributed by atoms with Gasteiger partial charge in [0.25, 0.3) is 0 Å². The van der Waals surface area contributed by atoms with E-state index < -0.39 is 0 Å². The van der Waals surface area contributed by atoms with E-state index in [0.29, 0.717) is 0 Å². The van der Waals surface area contributed by atoms with E-state index in [-0.39, 0.29) is 0 Å². The Morgan fingerprint density at radius 1 is 0.207 bits per heavy atom. The van der Waals surface area contributed by atoms with Gasteiger partial charge in [-0.05, 0) is 278 Å². The van der Waals surface area contributed by atoms with Crippen LogP contribution in [0.15, 0.2) is 206 Å². The van der Waals surface area contributed by atoms with Crippen molar-refractivity contribution in [1.29, 1.82) is 0 Å². The second-order valence-corrected chi connectivity index (χ2v) is 23.0. The summed E-state index contributed by atoms with van der Waals surface area (Å²) in [5.74, 6) is 0. The van der Waals surface area contributed by atoms with Crippen molar-refractivity contribution in [2.24, 2.45) is 0 Å². The topological polar surface area (TPSA) is 6.48 Å². The van der Waals surface area contributed by atoms with Crippen LogP contribution in [-0.2, 0) is 0 Å². The molecule has 0 saturated carbocycles. The Bertz CT molecular complexity index is 3900. The first kappa shape index (κ1) is 55.1. The molecule has 11 aromatic rings. The third kappa shape index (κ3) is 10.9. The van der Waals surface area contributed by atoms with Crippen molar-refractivity contribution in [3.05, 3.63) is 273 Å². The minimum Gasteiger partial charge on any atom is -0.310 e. The van der Waals surface area contributed by atoms with E-state index in [2.05, 4.69) is 299 Å². The van der Waals surface area contributed by atoms with Gasteiger partial charge >= 0.3 is 0 Å². The molecule has 0 N–H and O–H groups in total. The second kappa shape index (κ2) is 22.6. The maximum atomic E-state index is 6.25. The van der Waals surface area contributed by atoms with Gasteiger partial charge in [-0.1, -0.05) is 156 Å². The van der Waals surface area contributed by atoms with Crippen molar-refractivity contribution in [3.63, 3.8) is 0 Å². The van der Waals surface area contributed by atoms with Gasteiger partial charge in [-0.3, -0.25) is 0 Å². The Kier molecular flexibility index (Phi) is 15.2. The number of rotatable bonds is 12. The van der Waals surface area contributed by atoms with Crippen LogP contribution in [0.25, 0.3) is 66.8 Å². The van der Waals surface area contributed by atoms with E-state index in [1.165, 1.54) is 134 Å². The van der Waals surface area contributed by atoms with Crippen molar-refractivity contribution in [1.82, 2.24) is 0 Å².